The van der Waals surface area contributed by atoms with E-state index in [0.717, 1.165) is 30.2 Å². The number of hydrogen-bond acceptors (Lipinski definition) is 3. The lowest BCUT2D eigenvalue weighted by atomic mass is 10.2. The van der Waals surface area contributed by atoms with Gasteiger partial charge in [-0.3, -0.25) is 4.79 Å². The van der Waals surface area contributed by atoms with Gasteiger partial charge in [-0.15, -0.1) is 0 Å². The van der Waals surface area contributed by atoms with E-state index in [0.29, 0.717) is 0 Å². The SMILES string of the molecule is CCN(CCSC)C(=O)/C=C/c1ccc(OC)cc1. The van der Waals surface area contributed by atoms with Crippen LogP contribution in [0.3, 0.4) is 0 Å². The van der Waals surface area contributed by atoms with Crippen molar-refractivity contribution in [3.63, 3.8) is 0 Å². The number of rotatable bonds is 7. The summed E-state index contributed by atoms with van der Waals surface area (Å²) in [4.78, 5) is 13.8. The van der Waals surface area contributed by atoms with Gasteiger partial charge in [0.2, 0.25) is 5.91 Å². The Bertz CT molecular complexity index is 415. The van der Waals surface area contributed by atoms with E-state index in [4.69, 9.17) is 4.74 Å². The first kappa shape index (κ1) is 15.6. The summed E-state index contributed by atoms with van der Waals surface area (Å²) in [6.07, 6.45) is 5.51. The number of benzene rings is 1. The van der Waals surface area contributed by atoms with Crippen LogP contribution in [0.25, 0.3) is 6.08 Å². The first-order chi connectivity index (χ1) is 9.21. The minimum absolute atomic E-state index is 0.0624. The summed E-state index contributed by atoms with van der Waals surface area (Å²) < 4.78 is 5.09. The second-order valence-corrected chi connectivity index (χ2v) is 5.00. The number of methoxy groups -OCH3 is 1. The van der Waals surface area contributed by atoms with Gasteiger partial charge in [0.1, 0.15) is 5.75 Å². The van der Waals surface area contributed by atoms with Crippen molar-refractivity contribution in [2.75, 3.05) is 32.2 Å². The van der Waals surface area contributed by atoms with Gasteiger partial charge in [-0.1, -0.05) is 12.1 Å². The van der Waals surface area contributed by atoms with Crippen LogP contribution in [0.4, 0.5) is 0 Å². The fraction of sp³-hybridized carbons (Fsp3) is 0.400. The molecular weight excluding hydrogens is 258 g/mol. The molecule has 0 aliphatic rings. The lowest BCUT2D eigenvalue weighted by molar-refractivity contribution is -0.125. The summed E-state index contributed by atoms with van der Waals surface area (Å²) in [6, 6.07) is 7.63. The average molecular weight is 279 g/mol. The van der Waals surface area contributed by atoms with Gasteiger partial charge in [0.05, 0.1) is 7.11 Å². The zero-order chi connectivity index (χ0) is 14.1. The number of carbonyl (C=O) groups excluding carboxylic acids is 1. The number of amides is 1. The maximum absolute atomic E-state index is 12.0. The lowest BCUT2D eigenvalue weighted by Gasteiger charge is -2.18. The predicted octanol–water partition coefficient (Wildman–Crippen LogP) is 2.92. The van der Waals surface area contributed by atoms with Crippen LogP contribution in [0, 0.1) is 0 Å². The number of carbonyl (C=O) groups is 1. The molecular formula is C15H21NO2S. The number of thioether (sulfide) groups is 1. The Morgan fingerprint density at radius 2 is 2.05 bits per heavy atom. The van der Waals surface area contributed by atoms with Crippen LogP contribution in [-0.2, 0) is 4.79 Å². The van der Waals surface area contributed by atoms with Crippen LogP contribution >= 0.6 is 11.8 Å². The van der Waals surface area contributed by atoms with Crippen molar-refractivity contribution in [1.82, 2.24) is 4.90 Å². The predicted molar refractivity (Wildman–Crippen MR) is 82.7 cm³/mol. The minimum Gasteiger partial charge on any atom is -0.497 e. The Labute approximate surface area is 119 Å². The molecule has 0 N–H and O–H groups in total. The smallest absolute Gasteiger partial charge is 0.246 e. The van der Waals surface area contributed by atoms with E-state index < -0.39 is 0 Å². The first-order valence-electron chi connectivity index (χ1n) is 6.31. The van der Waals surface area contributed by atoms with Gasteiger partial charge in [0.25, 0.3) is 0 Å². The third-order valence-electron chi connectivity index (χ3n) is 2.79. The van der Waals surface area contributed by atoms with Crippen LogP contribution < -0.4 is 4.74 Å². The zero-order valence-corrected chi connectivity index (χ0v) is 12.6. The van der Waals surface area contributed by atoms with E-state index in [9.17, 15) is 4.79 Å². The van der Waals surface area contributed by atoms with Gasteiger partial charge in [0, 0.05) is 24.9 Å². The van der Waals surface area contributed by atoms with Crippen molar-refractivity contribution in [3.8, 4) is 5.75 Å². The molecule has 0 heterocycles. The van der Waals surface area contributed by atoms with Crippen LogP contribution in [0.5, 0.6) is 5.75 Å². The van der Waals surface area contributed by atoms with Crippen molar-refractivity contribution in [3.05, 3.63) is 35.9 Å². The molecule has 1 aromatic rings. The number of ether oxygens (including phenoxy) is 1. The maximum Gasteiger partial charge on any atom is 0.246 e. The summed E-state index contributed by atoms with van der Waals surface area (Å²) in [6.45, 7) is 3.54. The topological polar surface area (TPSA) is 29.5 Å². The van der Waals surface area contributed by atoms with E-state index in [1.165, 1.54) is 0 Å². The summed E-state index contributed by atoms with van der Waals surface area (Å²) in [7, 11) is 1.64. The molecule has 1 aromatic carbocycles. The Morgan fingerprint density at radius 1 is 1.37 bits per heavy atom. The van der Waals surface area contributed by atoms with Crippen LogP contribution in [0.2, 0.25) is 0 Å². The number of hydrogen-bond donors (Lipinski definition) is 0. The molecule has 0 aliphatic carbocycles. The molecule has 0 aromatic heterocycles. The fourth-order valence-electron chi connectivity index (χ4n) is 1.61. The first-order valence-corrected chi connectivity index (χ1v) is 7.70. The Kier molecular flexibility index (Phi) is 7.11. The highest BCUT2D eigenvalue weighted by atomic mass is 32.2. The van der Waals surface area contributed by atoms with Crippen molar-refractivity contribution in [2.24, 2.45) is 0 Å². The quantitative estimate of drug-likeness (QED) is 0.719. The van der Waals surface area contributed by atoms with E-state index in [1.807, 2.05) is 48.4 Å². The van der Waals surface area contributed by atoms with E-state index >= 15 is 0 Å². The largest absolute Gasteiger partial charge is 0.497 e. The third-order valence-corrected chi connectivity index (χ3v) is 3.38. The highest BCUT2D eigenvalue weighted by Gasteiger charge is 2.06. The van der Waals surface area contributed by atoms with Gasteiger partial charge in [0.15, 0.2) is 0 Å². The molecule has 0 radical (unpaired) electrons. The Balaban J connectivity index is 2.60. The van der Waals surface area contributed by atoms with Crippen molar-refractivity contribution < 1.29 is 9.53 Å². The molecule has 0 spiro atoms. The fourth-order valence-corrected chi connectivity index (χ4v) is 2.02. The molecule has 3 nitrogen and oxygen atoms in total. The van der Waals surface area contributed by atoms with E-state index in [1.54, 1.807) is 24.9 Å². The van der Waals surface area contributed by atoms with Gasteiger partial charge < -0.3 is 9.64 Å². The Hall–Kier alpha value is -1.42. The lowest BCUT2D eigenvalue weighted by Crippen LogP contribution is -2.31. The minimum atomic E-state index is 0.0624. The molecule has 0 unspecified atom stereocenters. The molecule has 0 bridgehead atoms. The average Bonchev–Trinajstić information content (AvgIpc) is 2.46. The van der Waals surface area contributed by atoms with Crippen molar-refractivity contribution >= 4 is 23.7 Å². The molecule has 0 fully saturated rings. The third kappa shape index (κ3) is 5.39. The maximum atomic E-state index is 12.0. The van der Waals surface area contributed by atoms with Gasteiger partial charge >= 0.3 is 0 Å². The summed E-state index contributed by atoms with van der Waals surface area (Å²) in [5.74, 6) is 1.85. The molecule has 0 saturated heterocycles. The monoisotopic (exact) mass is 279 g/mol. The molecule has 4 heteroatoms. The molecule has 1 rings (SSSR count). The van der Waals surface area contributed by atoms with Gasteiger partial charge in [-0.2, -0.15) is 11.8 Å². The second kappa shape index (κ2) is 8.64. The van der Waals surface area contributed by atoms with Crippen molar-refractivity contribution in [2.45, 2.75) is 6.92 Å². The molecule has 0 aliphatic heterocycles. The van der Waals surface area contributed by atoms with Crippen LogP contribution in [0.1, 0.15) is 12.5 Å². The highest BCUT2D eigenvalue weighted by molar-refractivity contribution is 7.98. The number of nitrogens with zero attached hydrogens (tertiary/aromatic N) is 1. The molecule has 104 valence electrons. The molecule has 1 amide bonds. The van der Waals surface area contributed by atoms with Crippen LogP contribution in [0.15, 0.2) is 30.3 Å². The Morgan fingerprint density at radius 3 is 2.58 bits per heavy atom. The molecule has 0 atom stereocenters. The van der Waals surface area contributed by atoms with Crippen LogP contribution in [-0.4, -0.2) is 43.0 Å². The molecule has 0 saturated carbocycles. The summed E-state index contributed by atoms with van der Waals surface area (Å²) in [5.41, 5.74) is 0.995. The summed E-state index contributed by atoms with van der Waals surface area (Å²) >= 11 is 1.75. The van der Waals surface area contributed by atoms with E-state index in [2.05, 4.69) is 0 Å². The standard InChI is InChI=1S/C15H21NO2S/c1-4-16(11-12-19-3)15(17)10-7-13-5-8-14(18-2)9-6-13/h5-10H,4,11-12H2,1-3H3/b10-7+. The van der Waals surface area contributed by atoms with Gasteiger partial charge in [-0.25, -0.2) is 0 Å². The highest BCUT2D eigenvalue weighted by Crippen LogP contribution is 2.12. The summed E-state index contributed by atoms with van der Waals surface area (Å²) in [5, 5.41) is 0. The van der Waals surface area contributed by atoms with E-state index in [-0.39, 0.29) is 5.91 Å². The van der Waals surface area contributed by atoms with Crippen molar-refractivity contribution in [1.29, 1.82) is 0 Å². The van der Waals surface area contributed by atoms with Gasteiger partial charge in [-0.05, 0) is 37.0 Å². The normalized spacial score (nSPS) is 10.7. The number of likely N-dealkylation sites (N-methyl/N-ethyl adjacent to an activating group) is 1. The molecule has 19 heavy (non-hydrogen) atoms. The second-order valence-electron chi connectivity index (χ2n) is 4.02. The zero-order valence-electron chi connectivity index (χ0n) is 11.8.